The number of urea groups is 1. The Morgan fingerprint density at radius 3 is 2.39 bits per heavy atom. The zero-order valence-corrected chi connectivity index (χ0v) is 18.4. The number of sulfonamides is 1. The highest BCUT2D eigenvalue weighted by Gasteiger charge is 2.24. The summed E-state index contributed by atoms with van der Waals surface area (Å²) < 4.78 is 26.8. The first kappa shape index (κ1) is 22.5. The van der Waals surface area contributed by atoms with Gasteiger partial charge in [-0.1, -0.05) is 43.2 Å². The van der Waals surface area contributed by atoms with E-state index < -0.39 is 16.1 Å². The van der Waals surface area contributed by atoms with Gasteiger partial charge < -0.3 is 5.32 Å². The lowest BCUT2D eigenvalue weighted by Gasteiger charge is -2.24. The predicted molar refractivity (Wildman–Crippen MR) is 120 cm³/mol. The van der Waals surface area contributed by atoms with Crippen LogP contribution in [0, 0.1) is 6.92 Å². The molecule has 2 N–H and O–H groups in total. The van der Waals surface area contributed by atoms with Gasteiger partial charge in [0.1, 0.15) is 0 Å². The van der Waals surface area contributed by atoms with Crippen LogP contribution < -0.4 is 15.0 Å². The van der Waals surface area contributed by atoms with Crippen LogP contribution >= 0.6 is 0 Å². The number of rotatable bonds is 7. The molecule has 1 aliphatic rings. The van der Waals surface area contributed by atoms with E-state index in [1.165, 1.54) is 29.3 Å². The number of anilines is 1. The van der Waals surface area contributed by atoms with Crippen LogP contribution in [0.2, 0.25) is 0 Å². The Labute approximate surface area is 182 Å². The van der Waals surface area contributed by atoms with E-state index in [4.69, 9.17) is 0 Å². The lowest BCUT2D eigenvalue weighted by Crippen LogP contribution is -2.39. The number of hydrogen-bond acceptors (Lipinski definition) is 5. The molecule has 31 heavy (non-hydrogen) atoms. The van der Waals surface area contributed by atoms with Crippen molar-refractivity contribution in [1.29, 1.82) is 0 Å². The zero-order valence-electron chi connectivity index (χ0n) is 17.6. The highest BCUT2D eigenvalue weighted by molar-refractivity contribution is 7.90. The van der Waals surface area contributed by atoms with E-state index in [2.05, 4.69) is 10.4 Å². The molecule has 0 spiro atoms. The van der Waals surface area contributed by atoms with Gasteiger partial charge in [-0.2, -0.15) is 5.10 Å². The molecule has 1 aliphatic heterocycles. The van der Waals surface area contributed by atoms with Crippen molar-refractivity contribution in [2.75, 3.05) is 11.6 Å². The number of nitrogens with one attached hydrogen (secondary N) is 2. The number of hydrazone groups is 1. The van der Waals surface area contributed by atoms with Crippen LogP contribution in [-0.2, 0) is 14.8 Å². The van der Waals surface area contributed by atoms with Crippen LogP contribution in [0.15, 0.2) is 58.5 Å². The fourth-order valence-electron chi connectivity index (χ4n) is 3.07. The predicted octanol–water partition coefficient (Wildman–Crippen LogP) is 3.31. The van der Waals surface area contributed by atoms with Crippen LogP contribution in [0.4, 0.5) is 10.5 Å². The number of hydrogen-bond donors (Lipinski definition) is 2. The highest BCUT2D eigenvalue weighted by Crippen LogP contribution is 2.24. The molecule has 3 amide bonds. The molecule has 8 nitrogen and oxygen atoms in total. The highest BCUT2D eigenvalue weighted by atomic mass is 32.2. The van der Waals surface area contributed by atoms with Gasteiger partial charge in [0.05, 0.1) is 16.3 Å². The first-order valence-corrected chi connectivity index (χ1v) is 11.7. The summed E-state index contributed by atoms with van der Waals surface area (Å²) in [5.74, 6) is -0.167. The molecule has 0 saturated heterocycles. The van der Waals surface area contributed by atoms with Crippen LogP contribution in [0.25, 0.3) is 0 Å². The van der Waals surface area contributed by atoms with E-state index in [9.17, 15) is 18.0 Å². The van der Waals surface area contributed by atoms with Crippen LogP contribution in [0.3, 0.4) is 0 Å². The topological polar surface area (TPSA) is 108 Å². The largest absolute Gasteiger partial charge is 0.337 e. The lowest BCUT2D eigenvalue weighted by atomic mass is 10.0. The second-order valence-electron chi connectivity index (χ2n) is 7.33. The van der Waals surface area contributed by atoms with Gasteiger partial charge in [0.25, 0.3) is 10.0 Å². The average Bonchev–Trinajstić information content (AvgIpc) is 2.75. The number of carbonyl (C=O) groups is 2. The van der Waals surface area contributed by atoms with Gasteiger partial charge in [-0.15, -0.1) is 0 Å². The Morgan fingerprint density at radius 2 is 1.74 bits per heavy atom. The SMILES string of the molecule is CCCCNC(=O)NS(=O)(=O)c1ccc(N2N=C(c3ccc(C)cc3)CCC2=O)cc1. The van der Waals surface area contributed by atoms with Gasteiger partial charge in [0.2, 0.25) is 5.91 Å². The fourth-order valence-corrected chi connectivity index (χ4v) is 4.00. The van der Waals surface area contributed by atoms with Crippen molar-refractivity contribution < 1.29 is 18.0 Å². The lowest BCUT2D eigenvalue weighted by molar-refractivity contribution is -0.118. The second kappa shape index (κ2) is 9.74. The molecule has 0 aromatic heterocycles. The van der Waals surface area contributed by atoms with Crippen molar-refractivity contribution in [3.8, 4) is 0 Å². The van der Waals surface area contributed by atoms with Crippen molar-refractivity contribution in [2.24, 2.45) is 5.10 Å². The summed E-state index contributed by atoms with van der Waals surface area (Å²) in [7, 11) is -4.02. The average molecular weight is 443 g/mol. The quantitative estimate of drug-likeness (QED) is 0.641. The van der Waals surface area contributed by atoms with Gasteiger partial charge in [0, 0.05) is 19.4 Å². The summed E-state index contributed by atoms with van der Waals surface area (Å²) in [6.45, 7) is 4.37. The minimum Gasteiger partial charge on any atom is -0.337 e. The molecule has 9 heteroatoms. The Balaban J connectivity index is 1.76. The number of aryl methyl sites for hydroxylation is 1. The van der Waals surface area contributed by atoms with E-state index in [0.29, 0.717) is 25.1 Å². The monoisotopic (exact) mass is 442 g/mol. The summed E-state index contributed by atoms with van der Waals surface area (Å²) >= 11 is 0. The summed E-state index contributed by atoms with van der Waals surface area (Å²) in [5.41, 5.74) is 3.33. The van der Waals surface area contributed by atoms with Crippen LogP contribution in [0.1, 0.15) is 43.7 Å². The molecule has 164 valence electrons. The molecular weight excluding hydrogens is 416 g/mol. The Hall–Kier alpha value is -3.20. The van der Waals surface area contributed by atoms with Crippen molar-refractivity contribution >= 4 is 33.4 Å². The van der Waals surface area contributed by atoms with Crippen LogP contribution in [0.5, 0.6) is 0 Å². The third-order valence-corrected chi connectivity index (χ3v) is 6.20. The summed E-state index contributed by atoms with van der Waals surface area (Å²) in [4.78, 5) is 24.1. The van der Waals surface area contributed by atoms with Crippen molar-refractivity contribution in [2.45, 2.75) is 44.4 Å². The molecule has 1 heterocycles. The molecule has 0 fully saturated rings. The van der Waals surface area contributed by atoms with E-state index in [1.54, 1.807) is 0 Å². The van der Waals surface area contributed by atoms with Gasteiger partial charge in [-0.05, 0) is 43.2 Å². The van der Waals surface area contributed by atoms with Gasteiger partial charge in [0.15, 0.2) is 0 Å². The molecule has 2 aromatic rings. The smallest absolute Gasteiger partial charge is 0.328 e. The number of unbranched alkanes of at least 4 members (excludes halogenated alkanes) is 1. The van der Waals surface area contributed by atoms with Crippen molar-refractivity contribution in [1.82, 2.24) is 10.0 Å². The molecule has 0 unspecified atom stereocenters. The van der Waals surface area contributed by atoms with E-state index in [-0.39, 0.29) is 10.8 Å². The molecule has 0 bridgehead atoms. The minimum absolute atomic E-state index is 0.0749. The molecule has 0 radical (unpaired) electrons. The standard InChI is InChI=1S/C22H26N4O4S/c1-3-4-15-23-22(28)25-31(29,30)19-11-9-18(10-12-19)26-21(27)14-13-20(24-26)17-7-5-16(2)6-8-17/h5-12H,3-4,13-15H2,1-2H3,(H2,23,25,28). The summed E-state index contributed by atoms with van der Waals surface area (Å²) in [6.07, 6.45) is 2.50. The summed E-state index contributed by atoms with van der Waals surface area (Å²) in [5, 5.41) is 8.28. The fraction of sp³-hybridized carbons (Fsp3) is 0.318. The third-order valence-electron chi connectivity index (χ3n) is 4.85. The maximum absolute atomic E-state index is 12.4. The van der Waals surface area contributed by atoms with Gasteiger partial charge >= 0.3 is 6.03 Å². The molecule has 0 aliphatic carbocycles. The Bertz CT molecular complexity index is 1080. The molecular formula is C22H26N4O4S. The van der Waals surface area contributed by atoms with Crippen molar-refractivity contribution in [3.63, 3.8) is 0 Å². The second-order valence-corrected chi connectivity index (χ2v) is 9.01. The number of amides is 3. The number of carbonyl (C=O) groups excluding carboxylic acids is 2. The molecule has 3 rings (SSSR count). The maximum Gasteiger partial charge on any atom is 0.328 e. The number of nitrogens with zero attached hydrogens (tertiary/aromatic N) is 2. The zero-order chi connectivity index (χ0) is 22.4. The van der Waals surface area contributed by atoms with Crippen LogP contribution in [-0.4, -0.2) is 32.6 Å². The van der Waals surface area contributed by atoms with E-state index in [0.717, 1.165) is 29.7 Å². The van der Waals surface area contributed by atoms with E-state index in [1.807, 2.05) is 42.8 Å². The van der Waals surface area contributed by atoms with Crippen molar-refractivity contribution in [3.05, 3.63) is 59.7 Å². The Morgan fingerprint density at radius 1 is 1.06 bits per heavy atom. The Kier molecular flexibility index (Phi) is 7.06. The minimum atomic E-state index is -4.02. The van der Waals surface area contributed by atoms with Gasteiger partial charge in [-0.3, -0.25) is 4.79 Å². The first-order chi connectivity index (χ1) is 14.8. The molecule has 0 atom stereocenters. The third kappa shape index (κ3) is 5.69. The first-order valence-electron chi connectivity index (χ1n) is 10.2. The molecule has 0 saturated carbocycles. The molecule has 2 aromatic carbocycles. The normalized spacial score (nSPS) is 14.2. The summed E-state index contributed by atoms with van der Waals surface area (Å²) in [6, 6.07) is 12.8. The number of benzene rings is 2. The maximum atomic E-state index is 12.4. The van der Waals surface area contributed by atoms with E-state index >= 15 is 0 Å². The van der Waals surface area contributed by atoms with Gasteiger partial charge in [-0.25, -0.2) is 22.9 Å².